The van der Waals surface area contributed by atoms with Crippen molar-refractivity contribution in [2.24, 2.45) is 0 Å². The van der Waals surface area contributed by atoms with E-state index in [1.54, 1.807) is 24.3 Å². The zero-order valence-electron chi connectivity index (χ0n) is 10.1. The Morgan fingerprint density at radius 2 is 1.95 bits per heavy atom. The molecule has 0 radical (unpaired) electrons. The highest BCUT2D eigenvalue weighted by Crippen LogP contribution is 2.10. The highest BCUT2D eigenvalue weighted by atomic mass is 79.9. The van der Waals surface area contributed by atoms with Gasteiger partial charge in [-0.2, -0.15) is 5.26 Å². The molecule has 0 aromatic heterocycles. The molecule has 2 aromatic rings. The molecule has 0 aliphatic heterocycles. The smallest absolute Gasteiger partial charge is 0.251 e. The maximum Gasteiger partial charge on any atom is 0.251 e. The van der Waals surface area contributed by atoms with E-state index in [4.69, 9.17) is 5.26 Å². The van der Waals surface area contributed by atoms with Gasteiger partial charge in [-0.15, -0.1) is 0 Å². The summed E-state index contributed by atoms with van der Waals surface area (Å²) in [5.41, 5.74) is 2.00. The van der Waals surface area contributed by atoms with Gasteiger partial charge in [0.25, 0.3) is 5.91 Å². The van der Waals surface area contributed by atoms with E-state index >= 15 is 0 Å². The third kappa shape index (κ3) is 3.67. The number of benzene rings is 2. The predicted molar refractivity (Wildman–Crippen MR) is 76.5 cm³/mol. The Hall–Kier alpha value is -2.12. The first-order valence-corrected chi connectivity index (χ1v) is 6.51. The molecule has 2 rings (SSSR count). The van der Waals surface area contributed by atoms with Crippen LogP contribution in [-0.4, -0.2) is 5.91 Å². The summed E-state index contributed by atoms with van der Waals surface area (Å²) in [6.45, 7) is 0.461. The van der Waals surface area contributed by atoms with Crippen molar-refractivity contribution >= 4 is 21.8 Å². The normalized spacial score (nSPS) is 9.68. The van der Waals surface area contributed by atoms with E-state index in [0.29, 0.717) is 17.7 Å². The number of nitrogens with zero attached hydrogens (tertiary/aromatic N) is 1. The Morgan fingerprint density at radius 3 is 2.63 bits per heavy atom. The summed E-state index contributed by atoms with van der Waals surface area (Å²) in [6.07, 6.45) is 0. The lowest BCUT2D eigenvalue weighted by molar-refractivity contribution is 0.0951. The van der Waals surface area contributed by atoms with E-state index in [1.807, 2.05) is 30.3 Å². The van der Waals surface area contributed by atoms with Crippen LogP contribution in [0.4, 0.5) is 0 Å². The second-order valence-corrected chi connectivity index (χ2v) is 4.92. The monoisotopic (exact) mass is 314 g/mol. The van der Waals surface area contributed by atoms with Gasteiger partial charge < -0.3 is 5.32 Å². The minimum absolute atomic E-state index is 0.181. The van der Waals surface area contributed by atoms with Crippen LogP contribution in [-0.2, 0) is 6.54 Å². The summed E-state index contributed by atoms with van der Waals surface area (Å²) in [7, 11) is 0. The maximum atomic E-state index is 11.9. The van der Waals surface area contributed by atoms with Crippen LogP contribution in [0.25, 0.3) is 0 Å². The number of carbonyl (C=O) groups is 1. The van der Waals surface area contributed by atoms with Crippen molar-refractivity contribution in [2.45, 2.75) is 6.54 Å². The fourth-order valence-corrected chi connectivity index (χ4v) is 1.88. The van der Waals surface area contributed by atoms with Crippen LogP contribution >= 0.6 is 15.9 Å². The number of amides is 1. The van der Waals surface area contributed by atoms with Crippen LogP contribution in [0, 0.1) is 11.3 Å². The van der Waals surface area contributed by atoms with Crippen LogP contribution in [0.15, 0.2) is 53.0 Å². The van der Waals surface area contributed by atoms with E-state index in [0.717, 1.165) is 10.0 Å². The summed E-state index contributed by atoms with van der Waals surface area (Å²) >= 11 is 3.36. The number of carbonyl (C=O) groups excluding carboxylic acids is 1. The molecule has 3 nitrogen and oxygen atoms in total. The van der Waals surface area contributed by atoms with Gasteiger partial charge in [0.1, 0.15) is 0 Å². The SMILES string of the molecule is N#Cc1cccc(C(=O)NCc2ccc(Br)cc2)c1. The Morgan fingerprint density at radius 1 is 1.21 bits per heavy atom. The summed E-state index contributed by atoms with van der Waals surface area (Å²) < 4.78 is 1.00. The molecule has 0 fully saturated rings. The molecule has 2 aromatic carbocycles. The Labute approximate surface area is 120 Å². The fourth-order valence-electron chi connectivity index (χ4n) is 1.62. The minimum atomic E-state index is -0.181. The molecule has 4 heteroatoms. The largest absolute Gasteiger partial charge is 0.348 e. The average molecular weight is 315 g/mol. The van der Waals surface area contributed by atoms with Crippen LogP contribution in [0.5, 0.6) is 0 Å². The maximum absolute atomic E-state index is 11.9. The molecule has 19 heavy (non-hydrogen) atoms. The lowest BCUT2D eigenvalue weighted by Crippen LogP contribution is -2.22. The van der Waals surface area contributed by atoms with Crippen molar-refractivity contribution in [2.75, 3.05) is 0 Å². The molecule has 0 heterocycles. The molecular formula is C15H11BrN2O. The molecule has 0 unspecified atom stereocenters. The van der Waals surface area contributed by atoms with Crippen LogP contribution in [0.3, 0.4) is 0 Å². The zero-order valence-corrected chi connectivity index (χ0v) is 11.6. The van der Waals surface area contributed by atoms with Gasteiger partial charge in [0.2, 0.25) is 0 Å². The van der Waals surface area contributed by atoms with Crippen molar-refractivity contribution in [3.63, 3.8) is 0 Å². The fraction of sp³-hybridized carbons (Fsp3) is 0.0667. The highest BCUT2D eigenvalue weighted by Gasteiger charge is 2.05. The van der Waals surface area contributed by atoms with Gasteiger partial charge in [0.15, 0.2) is 0 Å². The number of hydrogen-bond acceptors (Lipinski definition) is 2. The summed E-state index contributed by atoms with van der Waals surface area (Å²) in [4.78, 5) is 11.9. The highest BCUT2D eigenvalue weighted by molar-refractivity contribution is 9.10. The van der Waals surface area contributed by atoms with Crippen LogP contribution in [0.1, 0.15) is 21.5 Å². The molecule has 0 bridgehead atoms. The molecule has 1 N–H and O–H groups in total. The van der Waals surface area contributed by atoms with Crippen LogP contribution < -0.4 is 5.32 Å². The molecule has 0 atom stereocenters. The zero-order chi connectivity index (χ0) is 13.7. The van der Waals surface area contributed by atoms with Gasteiger partial charge in [-0.25, -0.2) is 0 Å². The third-order valence-corrected chi connectivity index (χ3v) is 3.15. The molecule has 0 saturated heterocycles. The van der Waals surface area contributed by atoms with Gasteiger partial charge in [0.05, 0.1) is 11.6 Å². The number of rotatable bonds is 3. The first-order valence-electron chi connectivity index (χ1n) is 5.72. The van der Waals surface area contributed by atoms with Crippen molar-refractivity contribution in [3.8, 4) is 6.07 Å². The van der Waals surface area contributed by atoms with E-state index in [-0.39, 0.29) is 5.91 Å². The number of nitriles is 1. The molecule has 1 amide bonds. The van der Waals surface area contributed by atoms with Crippen molar-refractivity contribution < 1.29 is 4.79 Å². The molecule has 0 aliphatic rings. The Balaban J connectivity index is 2.01. The summed E-state index contributed by atoms with van der Waals surface area (Å²) in [6, 6.07) is 16.4. The summed E-state index contributed by atoms with van der Waals surface area (Å²) in [5.74, 6) is -0.181. The van der Waals surface area contributed by atoms with Gasteiger partial charge >= 0.3 is 0 Å². The molecule has 0 aliphatic carbocycles. The van der Waals surface area contributed by atoms with E-state index in [9.17, 15) is 4.79 Å². The third-order valence-electron chi connectivity index (χ3n) is 2.62. The lowest BCUT2D eigenvalue weighted by atomic mass is 10.1. The predicted octanol–water partition coefficient (Wildman–Crippen LogP) is 3.25. The quantitative estimate of drug-likeness (QED) is 0.945. The van der Waals surface area contributed by atoms with Crippen molar-refractivity contribution in [1.29, 1.82) is 5.26 Å². The second kappa shape index (κ2) is 6.17. The molecule has 0 saturated carbocycles. The Kier molecular flexibility index (Phi) is 4.32. The van der Waals surface area contributed by atoms with E-state index in [2.05, 4.69) is 21.2 Å². The van der Waals surface area contributed by atoms with Crippen LogP contribution in [0.2, 0.25) is 0 Å². The Bertz CT molecular complexity index is 629. The molecular weight excluding hydrogens is 304 g/mol. The van der Waals surface area contributed by atoms with E-state index < -0.39 is 0 Å². The topological polar surface area (TPSA) is 52.9 Å². The molecule has 94 valence electrons. The second-order valence-electron chi connectivity index (χ2n) is 4.00. The number of hydrogen-bond donors (Lipinski definition) is 1. The number of nitrogens with one attached hydrogen (secondary N) is 1. The van der Waals surface area contributed by atoms with Gasteiger partial charge in [-0.05, 0) is 35.9 Å². The molecule has 0 spiro atoms. The minimum Gasteiger partial charge on any atom is -0.348 e. The first-order chi connectivity index (χ1) is 9.19. The summed E-state index contributed by atoms with van der Waals surface area (Å²) in [5, 5.41) is 11.6. The van der Waals surface area contributed by atoms with E-state index in [1.165, 1.54) is 0 Å². The van der Waals surface area contributed by atoms with Crippen molar-refractivity contribution in [1.82, 2.24) is 5.32 Å². The lowest BCUT2D eigenvalue weighted by Gasteiger charge is -2.05. The van der Waals surface area contributed by atoms with Gasteiger partial charge in [-0.3, -0.25) is 4.79 Å². The first kappa shape index (κ1) is 13.3. The average Bonchev–Trinajstić information content (AvgIpc) is 2.46. The standard InChI is InChI=1S/C15H11BrN2O/c16-14-6-4-11(5-7-14)10-18-15(19)13-3-1-2-12(8-13)9-17/h1-8H,10H2,(H,18,19). The van der Waals surface area contributed by atoms with Crippen molar-refractivity contribution in [3.05, 3.63) is 69.7 Å². The van der Waals surface area contributed by atoms with Gasteiger partial charge in [-0.1, -0.05) is 34.1 Å². The van der Waals surface area contributed by atoms with Gasteiger partial charge in [0, 0.05) is 16.6 Å². The number of halogens is 1.